The van der Waals surface area contributed by atoms with E-state index >= 15 is 0 Å². The van der Waals surface area contributed by atoms with E-state index in [0.717, 1.165) is 6.33 Å². The predicted molar refractivity (Wildman–Crippen MR) is 37.4 cm³/mol. The third-order valence-corrected chi connectivity index (χ3v) is 1.48. The van der Waals surface area contributed by atoms with Crippen molar-refractivity contribution < 1.29 is 18.7 Å². The molecule has 1 aromatic rings. The zero-order valence-corrected chi connectivity index (χ0v) is 6.44. The number of aromatic amines is 1. The molecule has 1 unspecified atom stereocenters. The molecule has 0 amide bonds. The van der Waals surface area contributed by atoms with Crippen molar-refractivity contribution in [1.82, 2.24) is 15.2 Å². The first-order chi connectivity index (χ1) is 6.11. The SMILES string of the molecule is O=C(O)CC(c1ncn[nH]1)C(F)F. The Labute approximate surface area is 71.8 Å². The smallest absolute Gasteiger partial charge is 0.304 e. The largest absolute Gasteiger partial charge is 0.481 e. The summed E-state index contributed by atoms with van der Waals surface area (Å²) in [5.41, 5.74) is 0. The molecule has 1 aromatic heterocycles. The molecule has 1 atom stereocenters. The van der Waals surface area contributed by atoms with E-state index in [1.165, 1.54) is 0 Å². The van der Waals surface area contributed by atoms with Gasteiger partial charge >= 0.3 is 5.97 Å². The summed E-state index contributed by atoms with van der Waals surface area (Å²) in [4.78, 5) is 13.7. The number of carbonyl (C=O) groups is 1. The lowest BCUT2D eigenvalue weighted by atomic mass is 10.1. The summed E-state index contributed by atoms with van der Waals surface area (Å²) < 4.78 is 24.5. The lowest BCUT2D eigenvalue weighted by molar-refractivity contribution is -0.138. The van der Waals surface area contributed by atoms with Crippen LogP contribution in [0.15, 0.2) is 6.33 Å². The average Bonchev–Trinajstić information content (AvgIpc) is 2.50. The Morgan fingerprint density at radius 1 is 1.69 bits per heavy atom. The highest BCUT2D eigenvalue weighted by Crippen LogP contribution is 2.23. The molecule has 13 heavy (non-hydrogen) atoms. The van der Waals surface area contributed by atoms with Crippen molar-refractivity contribution in [3.63, 3.8) is 0 Å². The zero-order chi connectivity index (χ0) is 9.84. The number of hydrogen-bond donors (Lipinski definition) is 2. The second kappa shape index (κ2) is 3.92. The van der Waals surface area contributed by atoms with Gasteiger partial charge in [0, 0.05) is 0 Å². The molecule has 2 N–H and O–H groups in total. The lowest BCUT2D eigenvalue weighted by Crippen LogP contribution is -2.15. The maximum absolute atomic E-state index is 12.3. The van der Waals surface area contributed by atoms with Gasteiger partial charge in [0.2, 0.25) is 6.43 Å². The number of H-pyrrole nitrogens is 1. The highest BCUT2D eigenvalue weighted by molar-refractivity contribution is 5.67. The van der Waals surface area contributed by atoms with Gasteiger partial charge in [-0.25, -0.2) is 13.8 Å². The summed E-state index contributed by atoms with van der Waals surface area (Å²) >= 11 is 0. The van der Waals surface area contributed by atoms with Crippen LogP contribution in [0.1, 0.15) is 18.2 Å². The van der Waals surface area contributed by atoms with E-state index in [4.69, 9.17) is 5.11 Å². The fourth-order valence-corrected chi connectivity index (χ4v) is 0.887. The van der Waals surface area contributed by atoms with Crippen LogP contribution in [-0.2, 0) is 4.79 Å². The zero-order valence-electron chi connectivity index (χ0n) is 6.44. The molecule has 1 rings (SSSR count). The molecule has 0 aliphatic carbocycles. The Morgan fingerprint density at radius 2 is 2.38 bits per heavy atom. The first-order valence-electron chi connectivity index (χ1n) is 3.46. The summed E-state index contributed by atoms with van der Waals surface area (Å²) in [6.07, 6.45) is -2.36. The molecule has 1 heterocycles. The molecular formula is C6H7F2N3O2. The normalized spacial score (nSPS) is 13.2. The number of aromatic nitrogens is 3. The van der Waals surface area contributed by atoms with Crippen LogP contribution in [0.25, 0.3) is 0 Å². The molecular weight excluding hydrogens is 184 g/mol. The molecule has 0 aromatic carbocycles. The second-order valence-electron chi connectivity index (χ2n) is 2.41. The third-order valence-electron chi connectivity index (χ3n) is 1.48. The quantitative estimate of drug-likeness (QED) is 0.731. The Morgan fingerprint density at radius 3 is 2.77 bits per heavy atom. The van der Waals surface area contributed by atoms with Crippen molar-refractivity contribution in [2.24, 2.45) is 0 Å². The van der Waals surface area contributed by atoms with Crippen LogP contribution in [-0.4, -0.2) is 32.7 Å². The monoisotopic (exact) mass is 191 g/mol. The highest BCUT2D eigenvalue weighted by atomic mass is 19.3. The van der Waals surface area contributed by atoms with Gasteiger partial charge < -0.3 is 5.11 Å². The Hall–Kier alpha value is -1.53. The molecule has 0 fully saturated rings. The van der Waals surface area contributed by atoms with Crippen LogP contribution in [0.2, 0.25) is 0 Å². The molecule has 5 nitrogen and oxygen atoms in total. The van der Waals surface area contributed by atoms with E-state index in [-0.39, 0.29) is 5.82 Å². The third kappa shape index (κ3) is 2.46. The van der Waals surface area contributed by atoms with Crippen molar-refractivity contribution in [2.75, 3.05) is 0 Å². The standard InChI is InChI=1S/C6H7F2N3O2/c7-5(8)3(1-4(12)13)6-9-2-10-11-6/h2-3,5H,1H2,(H,12,13)(H,9,10,11). The van der Waals surface area contributed by atoms with Gasteiger partial charge in [-0.3, -0.25) is 9.89 Å². The van der Waals surface area contributed by atoms with Gasteiger partial charge in [0.05, 0.1) is 12.3 Å². The Bertz CT molecular complexity index is 275. The molecule has 72 valence electrons. The fraction of sp³-hybridized carbons (Fsp3) is 0.500. The van der Waals surface area contributed by atoms with Gasteiger partial charge in [0.15, 0.2) is 0 Å². The minimum Gasteiger partial charge on any atom is -0.481 e. The molecule has 0 aliphatic rings. The molecule has 0 aliphatic heterocycles. The van der Waals surface area contributed by atoms with Crippen LogP contribution in [0.5, 0.6) is 0 Å². The van der Waals surface area contributed by atoms with Gasteiger partial charge in [-0.05, 0) is 0 Å². The summed E-state index contributed by atoms with van der Waals surface area (Å²) in [5, 5.41) is 13.9. The number of alkyl halides is 2. The number of nitrogens with one attached hydrogen (secondary N) is 1. The molecule has 0 saturated heterocycles. The van der Waals surface area contributed by atoms with Gasteiger partial charge in [-0.15, -0.1) is 0 Å². The van der Waals surface area contributed by atoms with Crippen molar-refractivity contribution in [3.8, 4) is 0 Å². The first kappa shape index (κ1) is 9.56. The van der Waals surface area contributed by atoms with Crippen LogP contribution in [0, 0.1) is 0 Å². The number of aliphatic carboxylic acids is 1. The van der Waals surface area contributed by atoms with E-state index in [1.54, 1.807) is 0 Å². The van der Waals surface area contributed by atoms with Crippen LogP contribution >= 0.6 is 0 Å². The Balaban J connectivity index is 2.74. The summed E-state index contributed by atoms with van der Waals surface area (Å²) in [6.45, 7) is 0. The van der Waals surface area contributed by atoms with Crippen LogP contribution in [0.4, 0.5) is 8.78 Å². The minimum atomic E-state index is -2.76. The molecule has 0 bridgehead atoms. The Kier molecular flexibility index (Phi) is 2.88. The maximum Gasteiger partial charge on any atom is 0.304 e. The summed E-state index contributed by atoms with van der Waals surface area (Å²) in [7, 11) is 0. The maximum atomic E-state index is 12.3. The van der Waals surface area contributed by atoms with Crippen LogP contribution in [0.3, 0.4) is 0 Å². The van der Waals surface area contributed by atoms with Gasteiger partial charge in [0.1, 0.15) is 12.2 Å². The van der Waals surface area contributed by atoms with Crippen molar-refractivity contribution in [1.29, 1.82) is 0 Å². The second-order valence-corrected chi connectivity index (χ2v) is 2.41. The number of hydrogen-bond acceptors (Lipinski definition) is 3. The summed E-state index contributed by atoms with van der Waals surface area (Å²) in [6, 6.07) is 0. The van der Waals surface area contributed by atoms with E-state index in [1.807, 2.05) is 0 Å². The van der Waals surface area contributed by atoms with Crippen molar-refractivity contribution in [3.05, 3.63) is 12.2 Å². The highest BCUT2D eigenvalue weighted by Gasteiger charge is 2.27. The summed E-state index contributed by atoms with van der Waals surface area (Å²) in [5.74, 6) is -2.81. The lowest BCUT2D eigenvalue weighted by Gasteiger charge is -2.09. The van der Waals surface area contributed by atoms with Gasteiger partial charge in [-0.1, -0.05) is 0 Å². The van der Waals surface area contributed by atoms with Gasteiger partial charge in [0.25, 0.3) is 0 Å². The minimum absolute atomic E-state index is 0.0996. The van der Waals surface area contributed by atoms with E-state index in [2.05, 4.69) is 15.2 Å². The molecule has 0 spiro atoms. The number of carboxylic acid groups (broad SMARTS) is 1. The number of nitrogens with zero attached hydrogens (tertiary/aromatic N) is 2. The van der Waals surface area contributed by atoms with E-state index in [9.17, 15) is 13.6 Å². The number of halogens is 2. The topological polar surface area (TPSA) is 78.9 Å². The molecule has 0 radical (unpaired) electrons. The number of carboxylic acids is 1. The average molecular weight is 191 g/mol. The predicted octanol–water partition coefficient (Wildman–Crippen LogP) is 0.628. The van der Waals surface area contributed by atoms with E-state index < -0.39 is 24.7 Å². The van der Waals surface area contributed by atoms with Crippen LogP contribution < -0.4 is 0 Å². The van der Waals surface area contributed by atoms with E-state index in [0.29, 0.717) is 0 Å². The molecule has 7 heteroatoms. The fourth-order valence-electron chi connectivity index (χ4n) is 0.887. The first-order valence-corrected chi connectivity index (χ1v) is 3.46. The molecule has 0 saturated carbocycles. The van der Waals surface area contributed by atoms with Crippen molar-refractivity contribution in [2.45, 2.75) is 18.8 Å². The number of rotatable bonds is 4. The van der Waals surface area contributed by atoms with Gasteiger partial charge in [-0.2, -0.15) is 5.10 Å². The van der Waals surface area contributed by atoms with Crippen molar-refractivity contribution >= 4 is 5.97 Å².